The fourth-order valence-electron chi connectivity index (χ4n) is 7.15. The van der Waals surface area contributed by atoms with Crippen molar-refractivity contribution in [1.82, 2.24) is 9.97 Å². The lowest BCUT2D eigenvalue weighted by Gasteiger charge is -2.13. The summed E-state index contributed by atoms with van der Waals surface area (Å²) in [4.78, 5) is 10.4. The molecule has 0 aliphatic heterocycles. The topological polar surface area (TPSA) is 25.8 Å². The van der Waals surface area contributed by atoms with Crippen LogP contribution in [-0.2, 0) is 0 Å². The third-order valence-corrected chi connectivity index (χ3v) is 10.7. The molecule has 0 bridgehead atoms. The lowest BCUT2D eigenvalue weighted by Crippen LogP contribution is -1.95. The molecule has 0 spiro atoms. The molecule has 47 heavy (non-hydrogen) atoms. The number of aromatic nitrogens is 2. The maximum Gasteiger partial charge on any atom is 0.0973 e. The first-order valence-corrected chi connectivity index (χ1v) is 16.7. The van der Waals surface area contributed by atoms with Gasteiger partial charge in [0.05, 0.1) is 22.4 Å². The van der Waals surface area contributed by atoms with Crippen LogP contribution < -0.4 is 0 Å². The predicted molar refractivity (Wildman–Crippen MR) is 201 cm³/mol. The minimum Gasteiger partial charge on any atom is -0.244 e. The average Bonchev–Trinajstić information content (AvgIpc) is 3.53. The van der Waals surface area contributed by atoms with Crippen molar-refractivity contribution in [3.8, 4) is 33.6 Å². The Morgan fingerprint density at radius 1 is 0.362 bits per heavy atom. The molecule has 0 atom stereocenters. The van der Waals surface area contributed by atoms with Gasteiger partial charge in [0.25, 0.3) is 0 Å². The maximum atomic E-state index is 5.22. The third-order valence-electron chi connectivity index (χ3n) is 9.45. The Kier molecular flexibility index (Phi) is 5.78. The summed E-state index contributed by atoms with van der Waals surface area (Å²) in [5, 5.41) is 10.3. The smallest absolute Gasteiger partial charge is 0.0973 e. The molecule has 2 nitrogen and oxygen atoms in total. The van der Waals surface area contributed by atoms with Crippen molar-refractivity contribution in [3.05, 3.63) is 158 Å². The minimum absolute atomic E-state index is 0.890. The Labute approximate surface area is 275 Å². The van der Waals surface area contributed by atoms with Crippen LogP contribution >= 0.6 is 11.3 Å². The molecular weight excluding hydrogens is 589 g/mol. The fraction of sp³-hybridized carbons (Fsp3) is 0. The van der Waals surface area contributed by atoms with Gasteiger partial charge in [-0.2, -0.15) is 0 Å². The highest BCUT2D eigenvalue weighted by molar-refractivity contribution is 7.26. The summed E-state index contributed by atoms with van der Waals surface area (Å²) in [7, 11) is 0. The Morgan fingerprint density at radius 3 is 1.74 bits per heavy atom. The first-order valence-electron chi connectivity index (χ1n) is 15.9. The lowest BCUT2D eigenvalue weighted by molar-refractivity contribution is 1.29. The molecule has 0 saturated carbocycles. The van der Waals surface area contributed by atoms with Crippen LogP contribution in [0.4, 0.5) is 0 Å². The molecule has 0 N–H and O–H groups in total. The molecule has 2 aromatic heterocycles. The van der Waals surface area contributed by atoms with Gasteiger partial charge in [-0.3, -0.25) is 0 Å². The highest BCUT2D eigenvalue weighted by Gasteiger charge is 2.16. The van der Waals surface area contributed by atoms with Crippen molar-refractivity contribution in [2.45, 2.75) is 0 Å². The Hall–Kier alpha value is -5.90. The van der Waals surface area contributed by atoms with Crippen molar-refractivity contribution in [3.63, 3.8) is 0 Å². The molecule has 0 aliphatic carbocycles. The summed E-state index contributed by atoms with van der Waals surface area (Å²) in [5.41, 5.74) is 8.06. The van der Waals surface area contributed by atoms with Gasteiger partial charge in [0, 0.05) is 36.7 Å². The summed E-state index contributed by atoms with van der Waals surface area (Å²) in [6.45, 7) is 0. The van der Waals surface area contributed by atoms with E-state index in [4.69, 9.17) is 9.97 Å². The Balaban J connectivity index is 1.17. The molecule has 8 aromatic carbocycles. The molecule has 0 unspecified atom stereocenters. The van der Waals surface area contributed by atoms with Crippen molar-refractivity contribution >= 4 is 74.9 Å². The number of thiophene rings is 1. The van der Waals surface area contributed by atoms with Crippen LogP contribution in [0, 0.1) is 0 Å². The van der Waals surface area contributed by atoms with Crippen LogP contribution in [0.1, 0.15) is 0 Å². The van der Waals surface area contributed by atoms with Gasteiger partial charge in [-0.15, -0.1) is 11.3 Å². The first kappa shape index (κ1) is 26.3. The van der Waals surface area contributed by atoms with Crippen LogP contribution in [0.5, 0.6) is 0 Å². The molecule has 218 valence electrons. The minimum atomic E-state index is 0.890. The Morgan fingerprint density at radius 2 is 0.915 bits per heavy atom. The number of hydrogen-bond acceptors (Lipinski definition) is 3. The van der Waals surface area contributed by atoms with Gasteiger partial charge >= 0.3 is 0 Å². The highest BCUT2D eigenvalue weighted by Crippen LogP contribution is 2.42. The summed E-state index contributed by atoms with van der Waals surface area (Å²) in [5.74, 6) is 0. The second kappa shape index (κ2) is 10.3. The summed E-state index contributed by atoms with van der Waals surface area (Å²) in [6.07, 6.45) is 0. The van der Waals surface area contributed by atoms with Crippen LogP contribution in [0.3, 0.4) is 0 Å². The van der Waals surface area contributed by atoms with Gasteiger partial charge in [0.1, 0.15) is 0 Å². The van der Waals surface area contributed by atoms with Gasteiger partial charge in [0.15, 0.2) is 0 Å². The van der Waals surface area contributed by atoms with Crippen LogP contribution in [-0.4, -0.2) is 9.97 Å². The van der Waals surface area contributed by atoms with Gasteiger partial charge in [0.2, 0.25) is 0 Å². The van der Waals surface area contributed by atoms with E-state index in [1.807, 2.05) is 41.7 Å². The second-order valence-electron chi connectivity index (χ2n) is 12.2. The van der Waals surface area contributed by atoms with Gasteiger partial charge in [-0.25, -0.2) is 9.97 Å². The molecule has 10 aromatic rings. The fourth-order valence-corrected chi connectivity index (χ4v) is 8.38. The standard InChI is InChI=1S/C44H26N2S/c1-2-8-27(9-3-1)28-14-17-30(18-15-28)42-43(46-39-12-6-5-11-38(39)45-42)32-21-22-33-31(26-32)19-16-29-20-23-37-35(41(29)33)24-25-36-34-10-4-7-13-40(34)47-44(36)37/h1-26H. The van der Waals surface area contributed by atoms with E-state index in [0.717, 1.165) is 33.5 Å². The van der Waals surface area contributed by atoms with Crippen molar-refractivity contribution < 1.29 is 0 Å². The van der Waals surface area contributed by atoms with Crippen LogP contribution in [0.2, 0.25) is 0 Å². The van der Waals surface area contributed by atoms with E-state index < -0.39 is 0 Å². The van der Waals surface area contributed by atoms with E-state index in [-0.39, 0.29) is 0 Å². The molecule has 3 heteroatoms. The maximum absolute atomic E-state index is 5.22. The zero-order chi connectivity index (χ0) is 30.9. The predicted octanol–water partition coefficient (Wildman–Crippen LogP) is 12.5. The van der Waals surface area contributed by atoms with Gasteiger partial charge in [-0.1, -0.05) is 133 Å². The van der Waals surface area contributed by atoms with Gasteiger partial charge in [-0.05, 0) is 62.3 Å². The van der Waals surface area contributed by atoms with E-state index in [0.29, 0.717) is 0 Å². The van der Waals surface area contributed by atoms with E-state index >= 15 is 0 Å². The van der Waals surface area contributed by atoms with Crippen LogP contribution in [0.15, 0.2) is 158 Å². The van der Waals surface area contributed by atoms with E-state index in [2.05, 4.69) is 127 Å². The molecular formula is C44H26N2S. The molecule has 0 aliphatic rings. The Bertz CT molecular complexity index is 2830. The first-order chi connectivity index (χ1) is 23.3. The third kappa shape index (κ3) is 4.17. The van der Waals surface area contributed by atoms with Crippen molar-refractivity contribution in [2.24, 2.45) is 0 Å². The zero-order valence-electron chi connectivity index (χ0n) is 25.3. The number of benzene rings is 8. The number of rotatable bonds is 3. The highest BCUT2D eigenvalue weighted by atomic mass is 32.1. The lowest BCUT2D eigenvalue weighted by atomic mass is 9.93. The summed E-state index contributed by atoms with van der Waals surface area (Å²) < 4.78 is 2.69. The van der Waals surface area contributed by atoms with Crippen molar-refractivity contribution in [1.29, 1.82) is 0 Å². The molecule has 0 saturated heterocycles. The molecule has 0 amide bonds. The molecule has 2 heterocycles. The van der Waals surface area contributed by atoms with E-state index in [1.54, 1.807) is 0 Å². The summed E-state index contributed by atoms with van der Waals surface area (Å²) >= 11 is 1.89. The number of para-hydroxylation sites is 2. The molecule has 10 rings (SSSR count). The molecule has 0 radical (unpaired) electrons. The summed E-state index contributed by atoms with van der Waals surface area (Å²) in [6, 6.07) is 56.5. The largest absolute Gasteiger partial charge is 0.244 e. The number of hydrogen-bond donors (Lipinski definition) is 0. The van der Waals surface area contributed by atoms with Crippen molar-refractivity contribution in [2.75, 3.05) is 0 Å². The zero-order valence-corrected chi connectivity index (χ0v) is 26.1. The molecule has 0 fully saturated rings. The number of nitrogens with zero attached hydrogens (tertiary/aromatic N) is 2. The SMILES string of the molecule is c1ccc(-c2ccc(-c3nc4ccccc4nc3-c3ccc4c(ccc5ccc6c(ccc7c8ccccc8sc76)c54)c3)cc2)cc1. The van der Waals surface area contributed by atoms with E-state index in [9.17, 15) is 0 Å². The monoisotopic (exact) mass is 614 g/mol. The van der Waals surface area contributed by atoms with E-state index in [1.165, 1.54) is 63.6 Å². The van der Waals surface area contributed by atoms with Gasteiger partial charge < -0.3 is 0 Å². The van der Waals surface area contributed by atoms with Crippen LogP contribution in [0.25, 0.3) is 97.2 Å². The number of fused-ring (bicyclic) bond motifs is 10. The normalized spacial score (nSPS) is 11.8. The average molecular weight is 615 g/mol. The quantitative estimate of drug-likeness (QED) is 0.185. The second-order valence-corrected chi connectivity index (χ2v) is 13.2.